The predicted molar refractivity (Wildman–Crippen MR) is 54.8 cm³/mol. The van der Waals surface area contributed by atoms with E-state index in [1.54, 1.807) is 0 Å². The summed E-state index contributed by atoms with van der Waals surface area (Å²) in [7, 11) is 0. The van der Waals surface area contributed by atoms with Gasteiger partial charge in [-0.15, -0.1) is 0 Å². The Bertz CT molecular complexity index is 356. The lowest BCUT2D eigenvalue weighted by Gasteiger charge is -1.98. The average molecular weight is 263 g/mol. The highest BCUT2D eigenvalue weighted by molar-refractivity contribution is 9.10. The van der Waals surface area contributed by atoms with Crippen molar-refractivity contribution in [3.05, 3.63) is 33.8 Å². The molecule has 0 radical (unpaired) electrons. The van der Waals surface area contributed by atoms with Crippen LogP contribution < -0.4 is 0 Å². The zero-order chi connectivity index (χ0) is 9.84. The first-order valence-corrected chi connectivity index (χ1v) is 4.82. The van der Waals surface area contributed by atoms with E-state index in [4.69, 9.17) is 0 Å². The number of halogens is 3. The Labute approximate surface area is 88.9 Å². The maximum absolute atomic E-state index is 13.0. The molecule has 0 bridgehead atoms. The highest BCUT2D eigenvalue weighted by Crippen LogP contribution is 2.20. The zero-order valence-electron chi connectivity index (χ0n) is 6.44. The molecule has 0 aliphatic carbocycles. The minimum Gasteiger partial charge on any atom is -0.207 e. The standard InChI is InChI=1S/C9H5BrF2S/c10-8-4-6(11)5-9(12)7(8)2-1-3-13/h4-5,13H,3H2. The van der Waals surface area contributed by atoms with Gasteiger partial charge in [0.25, 0.3) is 0 Å². The topological polar surface area (TPSA) is 0 Å². The van der Waals surface area contributed by atoms with Gasteiger partial charge < -0.3 is 0 Å². The molecule has 0 atom stereocenters. The van der Waals surface area contributed by atoms with E-state index in [0.29, 0.717) is 10.2 Å². The van der Waals surface area contributed by atoms with Crippen LogP contribution in [-0.2, 0) is 0 Å². The molecule has 0 unspecified atom stereocenters. The molecule has 0 nitrogen and oxygen atoms in total. The molecule has 0 spiro atoms. The van der Waals surface area contributed by atoms with Crippen molar-refractivity contribution >= 4 is 28.6 Å². The fraction of sp³-hybridized carbons (Fsp3) is 0.111. The molecule has 0 fully saturated rings. The Morgan fingerprint density at radius 3 is 2.62 bits per heavy atom. The molecule has 68 valence electrons. The molecular formula is C9H5BrF2S. The van der Waals surface area contributed by atoms with Crippen molar-refractivity contribution in [2.75, 3.05) is 5.75 Å². The zero-order valence-corrected chi connectivity index (χ0v) is 8.92. The van der Waals surface area contributed by atoms with Crippen molar-refractivity contribution in [2.45, 2.75) is 0 Å². The fourth-order valence-corrected chi connectivity index (χ4v) is 1.38. The van der Waals surface area contributed by atoms with Crippen LogP contribution in [0, 0.1) is 23.5 Å². The van der Waals surface area contributed by atoms with Gasteiger partial charge in [-0.3, -0.25) is 0 Å². The normalized spacial score (nSPS) is 9.23. The maximum Gasteiger partial charge on any atom is 0.142 e. The average Bonchev–Trinajstić information content (AvgIpc) is 2.02. The van der Waals surface area contributed by atoms with E-state index < -0.39 is 11.6 Å². The molecule has 0 aromatic heterocycles. The Morgan fingerprint density at radius 1 is 1.38 bits per heavy atom. The second-order valence-electron chi connectivity index (χ2n) is 2.20. The van der Waals surface area contributed by atoms with Crippen molar-refractivity contribution in [2.24, 2.45) is 0 Å². The monoisotopic (exact) mass is 262 g/mol. The fourth-order valence-electron chi connectivity index (χ4n) is 0.790. The molecule has 1 aromatic rings. The smallest absolute Gasteiger partial charge is 0.142 e. The van der Waals surface area contributed by atoms with Gasteiger partial charge >= 0.3 is 0 Å². The van der Waals surface area contributed by atoms with E-state index in [9.17, 15) is 8.78 Å². The van der Waals surface area contributed by atoms with E-state index >= 15 is 0 Å². The van der Waals surface area contributed by atoms with Crippen LogP contribution in [0.4, 0.5) is 8.78 Å². The van der Waals surface area contributed by atoms with Crippen molar-refractivity contribution in [1.29, 1.82) is 0 Å². The lowest BCUT2D eigenvalue weighted by atomic mass is 10.2. The number of thiol groups is 1. The molecule has 13 heavy (non-hydrogen) atoms. The molecule has 0 N–H and O–H groups in total. The van der Waals surface area contributed by atoms with Gasteiger partial charge in [0.15, 0.2) is 0 Å². The molecular weight excluding hydrogens is 258 g/mol. The Hall–Kier alpha value is -0.530. The second-order valence-corrected chi connectivity index (χ2v) is 3.37. The van der Waals surface area contributed by atoms with Gasteiger partial charge in [0.2, 0.25) is 0 Å². The number of hydrogen-bond acceptors (Lipinski definition) is 1. The molecule has 0 amide bonds. The summed E-state index contributed by atoms with van der Waals surface area (Å²) in [4.78, 5) is 0. The van der Waals surface area contributed by atoms with Crippen LogP contribution in [-0.4, -0.2) is 5.75 Å². The number of rotatable bonds is 0. The van der Waals surface area contributed by atoms with Gasteiger partial charge in [0.05, 0.1) is 11.3 Å². The minimum atomic E-state index is -0.666. The molecule has 1 rings (SSSR count). The number of benzene rings is 1. The molecule has 0 saturated heterocycles. The van der Waals surface area contributed by atoms with Crippen LogP contribution in [0.25, 0.3) is 0 Å². The second kappa shape index (κ2) is 4.64. The predicted octanol–water partition coefficient (Wildman–Crippen LogP) is 3.01. The third-order valence-electron chi connectivity index (χ3n) is 1.30. The molecule has 0 heterocycles. The van der Waals surface area contributed by atoms with E-state index in [1.165, 1.54) is 6.07 Å². The summed E-state index contributed by atoms with van der Waals surface area (Å²) in [6, 6.07) is 1.97. The van der Waals surface area contributed by atoms with Gasteiger partial charge in [0.1, 0.15) is 11.6 Å². The summed E-state index contributed by atoms with van der Waals surface area (Å²) in [6.07, 6.45) is 0. The van der Waals surface area contributed by atoms with E-state index in [0.717, 1.165) is 6.07 Å². The van der Waals surface area contributed by atoms with Gasteiger partial charge in [-0.25, -0.2) is 8.78 Å². The molecule has 4 heteroatoms. The van der Waals surface area contributed by atoms with Gasteiger partial charge in [0, 0.05) is 10.5 Å². The number of hydrogen-bond donors (Lipinski definition) is 1. The summed E-state index contributed by atoms with van der Waals surface area (Å²) in [5.74, 6) is 4.18. The SMILES string of the molecule is Fc1cc(F)c(C#CCS)c(Br)c1. The lowest BCUT2D eigenvalue weighted by molar-refractivity contribution is 0.579. The van der Waals surface area contributed by atoms with E-state index in [-0.39, 0.29) is 5.56 Å². The largest absolute Gasteiger partial charge is 0.207 e. The first-order valence-electron chi connectivity index (χ1n) is 3.39. The Kier molecular flexibility index (Phi) is 3.76. The summed E-state index contributed by atoms with van der Waals surface area (Å²) >= 11 is 6.87. The first kappa shape index (κ1) is 10.6. The van der Waals surface area contributed by atoms with E-state index in [1.807, 2.05) is 0 Å². The summed E-state index contributed by atoms with van der Waals surface area (Å²) in [6.45, 7) is 0. The third-order valence-corrected chi connectivity index (χ3v) is 2.08. The van der Waals surface area contributed by atoms with Crippen LogP contribution in [0.1, 0.15) is 5.56 Å². The van der Waals surface area contributed by atoms with Crippen molar-refractivity contribution < 1.29 is 8.78 Å². The van der Waals surface area contributed by atoms with Crippen LogP contribution >= 0.6 is 28.6 Å². The summed E-state index contributed by atoms with van der Waals surface area (Å²) < 4.78 is 26.0. The van der Waals surface area contributed by atoms with Crippen molar-refractivity contribution in [3.63, 3.8) is 0 Å². The molecule has 0 aliphatic rings. The van der Waals surface area contributed by atoms with E-state index in [2.05, 4.69) is 40.4 Å². The lowest BCUT2D eigenvalue weighted by Crippen LogP contribution is -1.88. The highest BCUT2D eigenvalue weighted by atomic mass is 79.9. The minimum absolute atomic E-state index is 0.162. The molecule has 1 aromatic carbocycles. The maximum atomic E-state index is 13.0. The summed E-state index contributed by atoms with van der Waals surface area (Å²) in [5.41, 5.74) is 0.162. The highest BCUT2D eigenvalue weighted by Gasteiger charge is 2.06. The summed E-state index contributed by atoms with van der Waals surface area (Å²) in [5, 5.41) is 0. The van der Waals surface area contributed by atoms with Crippen molar-refractivity contribution in [3.8, 4) is 11.8 Å². The molecule has 0 saturated carbocycles. The Morgan fingerprint density at radius 2 is 2.08 bits per heavy atom. The van der Waals surface area contributed by atoms with Crippen LogP contribution in [0.5, 0.6) is 0 Å². The van der Waals surface area contributed by atoms with Crippen molar-refractivity contribution in [1.82, 2.24) is 0 Å². The van der Waals surface area contributed by atoms with Gasteiger partial charge in [-0.05, 0) is 22.0 Å². The first-order chi connectivity index (χ1) is 6.15. The van der Waals surface area contributed by atoms with Gasteiger partial charge in [-0.1, -0.05) is 11.8 Å². The van der Waals surface area contributed by atoms with Crippen LogP contribution in [0.2, 0.25) is 0 Å². The van der Waals surface area contributed by atoms with Crippen LogP contribution in [0.3, 0.4) is 0 Å². The quantitative estimate of drug-likeness (QED) is 0.540. The van der Waals surface area contributed by atoms with Crippen LogP contribution in [0.15, 0.2) is 16.6 Å². The van der Waals surface area contributed by atoms with Gasteiger partial charge in [-0.2, -0.15) is 12.6 Å². The molecule has 0 aliphatic heterocycles. The third kappa shape index (κ3) is 2.71. The Balaban J connectivity index is 3.21.